The van der Waals surface area contributed by atoms with Crippen LogP contribution in [-0.4, -0.2) is 5.75 Å². The van der Waals surface area contributed by atoms with Crippen molar-refractivity contribution < 1.29 is 0 Å². The van der Waals surface area contributed by atoms with E-state index in [-0.39, 0.29) is 0 Å². The van der Waals surface area contributed by atoms with Crippen molar-refractivity contribution in [1.29, 1.82) is 0 Å². The number of rotatable bonds is 6. The first-order valence-electron chi connectivity index (χ1n) is 5.25. The minimum atomic E-state index is 1.10. The van der Waals surface area contributed by atoms with Crippen molar-refractivity contribution in [3.63, 3.8) is 0 Å². The minimum absolute atomic E-state index is 1.10. The van der Waals surface area contributed by atoms with E-state index in [1.807, 2.05) is 17.8 Å². The summed E-state index contributed by atoms with van der Waals surface area (Å²) < 4.78 is 0. The van der Waals surface area contributed by atoms with Crippen LogP contribution in [0.15, 0.2) is 34.1 Å². The van der Waals surface area contributed by atoms with Crippen molar-refractivity contribution in [2.45, 2.75) is 42.4 Å². The Morgan fingerprint density at radius 2 is 1.93 bits per heavy atom. The second-order valence-electron chi connectivity index (χ2n) is 3.38. The van der Waals surface area contributed by atoms with E-state index in [0.717, 1.165) is 4.90 Å². The van der Waals surface area contributed by atoms with Gasteiger partial charge in [-0.25, -0.2) is 0 Å². The first-order chi connectivity index (χ1) is 6.84. The molecule has 0 aliphatic carbocycles. The monoisotopic (exact) mass is 226 g/mol. The zero-order chi connectivity index (χ0) is 10.2. The molecule has 0 atom stereocenters. The molecule has 0 aliphatic rings. The molecule has 0 unspecified atom stereocenters. The highest BCUT2D eigenvalue weighted by molar-refractivity contribution is 7.99. The van der Waals surface area contributed by atoms with Gasteiger partial charge in [0.2, 0.25) is 0 Å². The standard InChI is InChI=1S/C12H18S2/c1-2-3-4-7-10-14-12-9-6-5-8-11(12)13/h5-6,8-9,13H,2-4,7,10H2,1H3. The van der Waals surface area contributed by atoms with Crippen LogP contribution in [0.2, 0.25) is 0 Å². The largest absolute Gasteiger partial charge is 0.142 e. The molecule has 0 bridgehead atoms. The fraction of sp³-hybridized carbons (Fsp3) is 0.500. The van der Waals surface area contributed by atoms with Crippen LogP contribution in [0.3, 0.4) is 0 Å². The number of unbranched alkanes of at least 4 members (excludes halogenated alkanes) is 3. The second-order valence-corrected chi connectivity index (χ2v) is 5.00. The number of hydrogen-bond donors (Lipinski definition) is 1. The van der Waals surface area contributed by atoms with Gasteiger partial charge in [0.25, 0.3) is 0 Å². The van der Waals surface area contributed by atoms with Gasteiger partial charge in [-0.05, 0) is 24.3 Å². The van der Waals surface area contributed by atoms with Crippen molar-refractivity contribution in [3.05, 3.63) is 24.3 Å². The van der Waals surface area contributed by atoms with Gasteiger partial charge in [-0.2, -0.15) is 0 Å². The molecule has 2 heteroatoms. The quantitative estimate of drug-likeness (QED) is 0.418. The van der Waals surface area contributed by atoms with Gasteiger partial charge in [0.15, 0.2) is 0 Å². The Kier molecular flexibility index (Phi) is 6.20. The predicted octanol–water partition coefficient (Wildman–Crippen LogP) is 4.65. The summed E-state index contributed by atoms with van der Waals surface area (Å²) >= 11 is 6.34. The summed E-state index contributed by atoms with van der Waals surface area (Å²) in [6.07, 6.45) is 5.36. The lowest BCUT2D eigenvalue weighted by molar-refractivity contribution is 0.706. The fourth-order valence-corrected chi connectivity index (χ4v) is 2.60. The predicted molar refractivity (Wildman–Crippen MR) is 68.6 cm³/mol. The van der Waals surface area contributed by atoms with Gasteiger partial charge in [0, 0.05) is 9.79 Å². The maximum Gasteiger partial charge on any atom is 0.0205 e. The Bertz CT molecular complexity index is 258. The summed E-state index contributed by atoms with van der Waals surface area (Å²) in [5.74, 6) is 1.22. The number of thiol groups is 1. The maximum atomic E-state index is 4.42. The third kappa shape index (κ3) is 4.43. The van der Waals surface area contributed by atoms with Gasteiger partial charge in [0.1, 0.15) is 0 Å². The smallest absolute Gasteiger partial charge is 0.0205 e. The van der Waals surface area contributed by atoms with E-state index < -0.39 is 0 Å². The fourth-order valence-electron chi connectivity index (χ4n) is 1.29. The Balaban J connectivity index is 2.21. The molecule has 1 aromatic rings. The van der Waals surface area contributed by atoms with Crippen molar-refractivity contribution in [2.75, 3.05) is 5.75 Å². The highest BCUT2D eigenvalue weighted by Gasteiger charge is 1.97. The van der Waals surface area contributed by atoms with E-state index in [9.17, 15) is 0 Å². The molecular formula is C12H18S2. The zero-order valence-electron chi connectivity index (χ0n) is 8.70. The summed E-state index contributed by atoms with van der Waals surface area (Å²) in [7, 11) is 0. The van der Waals surface area contributed by atoms with E-state index in [1.54, 1.807) is 0 Å². The highest BCUT2D eigenvalue weighted by atomic mass is 32.2. The van der Waals surface area contributed by atoms with Crippen LogP contribution in [0, 0.1) is 0 Å². The number of hydrogen-bond acceptors (Lipinski definition) is 2. The Morgan fingerprint density at radius 3 is 2.64 bits per heavy atom. The molecule has 0 nitrogen and oxygen atoms in total. The molecule has 0 radical (unpaired) electrons. The summed E-state index contributed by atoms with van der Waals surface area (Å²) in [6.45, 7) is 2.25. The summed E-state index contributed by atoms with van der Waals surface area (Å²) in [5, 5.41) is 0. The molecular weight excluding hydrogens is 208 g/mol. The molecule has 0 fully saturated rings. The van der Waals surface area contributed by atoms with E-state index in [4.69, 9.17) is 0 Å². The van der Waals surface area contributed by atoms with Gasteiger partial charge in [0.05, 0.1) is 0 Å². The summed E-state index contributed by atoms with van der Waals surface area (Å²) in [6, 6.07) is 8.31. The lowest BCUT2D eigenvalue weighted by atomic mass is 10.2. The van der Waals surface area contributed by atoms with Gasteiger partial charge in [-0.3, -0.25) is 0 Å². The SMILES string of the molecule is CCCCCCSc1ccccc1S. The van der Waals surface area contributed by atoms with E-state index >= 15 is 0 Å². The van der Waals surface area contributed by atoms with Gasteiger partial charge >= 0.3 is 0 Å². The lowest BCUT2D eigenvalue weighted by Crippen LogP contribution is -1.82. The molecule has 0 saturated heterocycles. The molecule has 0 amide bonds. The number of benzene rings is 1. The minimum Gasteiger partial charge on any atom is -0.142 e. The van der Waals surface area contributed by atoms with Gasteiger partial charge < -0.3 is 0 Å². The van der Waals surface area contributed by atoms with Crippen LogP contribution in [0.25, 0.3) is 0 Å². The van der Waals surface area contributed by atoms with E-state index in [1.165, 1.54) is 36.3 Å². The average molecular weight is 226 g/mol. The summed E-state index contributed by atoms with van der Waals surface area (Å²) in [5.41, 5.74) is 0. The maximum absolute atomic E-state index is 4.42. The Hall–Kier alpha value is -0.0800. The molecule has 1 rings (SSSR count). The second kappa shape index (κ2) is 7.24. The van der Waals surface area contributed by atoms with Crippen LogP contribution in [0.4, 0.5) is 0 Å². The van der Waals surface area contributed by atoms with Gasteiger partial charge in [-0.15, -0.1) is 24.4 Å². The molecule has 78 valence electrons. The third-order valence-corrected chi connectivity index (χ3v) is 3.82. The van der Waals surface area contributed by atoms with Crippen molar-refractivity contribution >= 4 is 24.4 Å². The Morgan fingerprint density at radius 1 is 1.14 bits per heavy atom. The molecule has 14 heavy (non-hydrogen) atoms. The van der Waals surface area contributed by atoms with Crippen molar-refractivity contribution in [2.24, 2.45) is 0 Å². The molecule has 0 aliphatic heterocycles. The van der Waals surface area contributed by atoms with Crippen LogP contribution in [-0.2, 0) is 0 Å². The van der Waals surface area contributed by atoms with E-state index in [0.29, 0.717) is 0 Å². The first-order valence-corrected chi connectivity index (χ1v) is 6.68. The van der Waals surface area contributed by atoms with Crippen LogP contribution in [0.1, 0.15) is 32.6 Å². The van der Waals surface area contributed by atoms with Crippen LogP contribution in [0.5, 0.6) is 0 Å². The van der Waals surface area contributed by atoms with Crippen LogP contribution >= 0.6 is 24.4 Å². The third-order valence-electron chi connectivity index (χ3n) is 2.12. The van der Waals surface area contributed by atoms with Crippen molar-refractivity contribution in [3.8, 4) is 0 Å². The lowest BCUT2D eigenvalue weighted by Gasteiger charge is -2.03. The van der Waals surface area contributed by atoms with Crippen LogP contribution < -0.4 is 0 Å². The average Bonchev–Trinajstić information content (AvgIpc) is 2.20. The Labute approximate surface area is 96.9 Å². The normalized spacial score (nSPS) is 10.4. The number of thioether (sulfide) groups is 1. The summed E-state index contributed by atoms with van der Waals surface area (Å²) in [4.78, 5) is 2.42. The molecule has 0 spiro atoms. The molecule has 0 N–H and O–H groups in total. The topological polar surface area (TPSA) is 0 Å². The molecule has 0 heterocycles. The molecule has 1 aromatic carbocycles. The molecule has 0 aromatic heterocycles. The van der Waals surface area contributed by atoms with Crippen molar-refractivity contribution in [1.82, 2.24) is 0 Å². The molecule has 0 saturated carbocycles. The zero-order valence-corrected chi connectivity index (χ0v) is 10.4. The van der Waals surface area contributed by atoms with E-state index in [2.05, 4.69) is 37.8 Å². The van der Waals surface area contributed by atoms with Gasteiger partial charge in [-0.1, -0.05) is 38.3 Å². The first kappa shape index (κ1) is 12.0. The highest BCUT2D eigenvalue weighted by Crippen LogP contribution is 2.26.